The number of ether oxygens (including phenoxy) is 2. The summed E-state index contributed by atoms with van der Waals surface area (Å²) in [5.74, 6) is -0.140. The Kier molecular flexibility index (Phi) is 7.51. The third kappa shape index (κ3) is 5.73. The van der Waals surface area contributed by atoms with Crippen LogP contribution in [0.15, 0.2) is 42.6 Å². The van der Waals surface area contributed by atoms with E-state index in [-0.39, 0.29) is 30.5 Å². The van der Waals surface area contributed by atoms with Crippen LogP contribution in [0.3, 0.4) is 0 Å². The fourth-order valence-corrected chi connectivity index (χ4v) is 5.50. The molecule has 206 valence electrons. The van der Waals surface area contributed by atoms with Crippen molar-refractivity contribution in [3.05, 3.63) is 42.6 Å². The SMILES string of the molecule is NC(=O)Oc1ccc2c(O[C@@H]3C[C@H]4C(=O)N[C@]5(C=O)CC5/C=C\CCCCC[C@H](N)C(=O)N4C3)nccc2c1. The van der Waals surface area contributed by atoms with E-state index in [0.717, 1.165) is 32.0 Å². The van der Waals surface area contributed by atoms with Crippen LogP contribution in [0.1, 0.15) is 44.9 Å². The molecule has 5 atom stereocenters. The minimum atomic E-state index is -0.939. The Hall–Kier alpha value is -3.99. The van der Waals surface area contributed by atoms with Crippen LogP contribution in [0.2, 0.25) is 0 Å². The Balaban J connectivity index is 1.38. The molecule has 1 saturated carbocycles. The highest BCUT2D eigenvalue weighted by atomic mass is 16.5. The monoisotopic (exact) mass is 535 g/mol. The van der Waals surface area contributed by atoms with E-state index < -0.39 is 35.7 Å². The van der Waals surface area contributed by atoms with Crippen molar-refractivity contribution in [2.24, 2.45) is 17.4 Å². The lowest BCUT2D eigenvalue weighted by molar-refractivity contribution is -0.140. The number of amides is 3. The van der Waals surface area contributed by atoms with Crippen molar-refractivity contribution in [1.29, 1.82) is 0 Å². The van der Waals surface area contributed by atoms with E-state index in [4.69, 9.17) is 20.9 Å². The van der Waals surface area contributed by atoms with Gasteiger partial charge < -0.3 is 36.0 Å². The predicted molar refractivity (Wildman–Crippen MR) is 142 cm³/mol. The molecule has 3 amide bonds. The number of aromatic nitrogens is 1. The minimum Gasteiger partial charge on any atom is -0.472 e. The van der Waals surface area contributed by atoms with Crippen LogP contribution in [0.5, 0.6) is 11.6 Å². The van der Waals surface area contributed by atoms with Gasteiger partial charge in [-0.2, -0.15) is 0 Å². The topological polar surface area (TPSA) is 167 Å². The highest BCUT2D eigenvalue weighted by Gasteiger charge is 2.55. The van der Waals surface area contributed by atoms with Crippen LogP contribution in [0.4, 0.5) is 4.79 Å². The smallest absolute Gasteiger partial charge is 0.409 e. The lowest BCUT2D eigenvalue weighted by Gasteiger charge is -2.27. The van der Waals surface area contributed by atoms with Gasteiger partial charge in [0.2, 0.25) is 17.7 Å². The summed E-state index contributed by atoms with van der Waals surface area (Å²) in [6, 6.07) is 5.11. The summed E-state index contributed by atoms with van der Waals surface area (Å²) in [5, 5.41) is 4.29. The average molecular weight is 536 g/mol. The van der Waals surface area contributed by atoms with E-state index in [1.54, 1.807) is 30.5 Å². The summed E-state index contributed by atoms with van der Waals surface area (Å²) in [6.07, 6.45) is 9.90. The number of pyridine rings is 1. The first-order valence-electron chi connectivity index (χ1n) is 13.3. The van der Waals surface area contributed by atoms with Gasteiger partial charge in [-0.15, -0.1) is 0 Å². The first kappa shape index (κ1) is 26.6. The maximum Gasteiger partial charge on any atom is 0.409 e. The largest absolute Gasteiger partial charge is 0.472 e. The van der Waals surface area contributed by atoms with Crippen molar-refractivity contribution in [3.8, 4) is 11.6 Å². The molecule has 0 spiro atoms. The summed E-state index contributed by atoms with van der Waals surface area (Å²) in [5.41, 5.74) is 10.5. The summed E-state index contributed by atoms with van der Waals surface area (Å²) in [7, 11) is 0. The molecule has 3 aliphatic rings. The number of allylic oxidation sites excluding steroid dienone is 1. The molecule has 0 radical (unpaired) electrons. The van der Waals surface area contributed by atoms with Crippen molar-refractivity contribution in [1.82, 2.24) is 15.2 Å². The normalized spacial score (nSPS) is 30.2. The molecule has 5 N–H and O–H groups in total. The molecule has 2 fully saturated rings. The zero-order chi connectivity index (χ0) is 27.6. The second-order valence-corrected chi connectivity index (χ2v) is 10.5. The van der Waals surface area contributed by atoms with E-state index in [0.29, 0.717) is 29.5 Å². The number of nitrogens with one attached hydrogen (secondary N) is 1. The van der Waals surface area contributed by atoms with Crippen LogP contribution in [0.25, 0.3) is 10.8 Å². The standard InChI is InChI=1S/C28H33N5O6/c29-22-7-5-3-1-2-4-6-18-14-28(18,16-34)32-24(35)23-13-20(15-33(23)26(22)36)38-25-21-9-8-19(39-27(30)37)12-17(21)10-11-31-25/h4,6,8-12,16,18,20,22-23H,1-3,5,7,13-15,29H2,(H2,30,37)(H,32,35)/b6-4-/t18?,20-,22+,23+,28+/m1/s1. The summed E-state index contributed by atoms with van der Waals surface area (Å²) in [6.45, 7) is 0.156. The fourth-order valence-electron chi connectivity index (χ4n) is 5.50. The number of primary amides is 1. The molecule has 2 aliphatic heterocycles. The van der Waals surface area contributed by atoms with Crippen molar-refractivity contribution in [2.75, 3.05) is 6.54 Å². The molecule has 1 aromatic carbocycles. The first-order valence-corrected chi connectivity index (χ1v) is 13.3. The number of hydrogen-bond donors (Lipinski definition) is 3. The van der Waals surface area contributed by atoms with Crippen LogP contribution in [-0.4, -0.2) is 64.3 Å². The Morgan fingerprint density at radius 2 is 2.05 bits per heavy atom. The van der Waals surface area contributed by atoms with Gasteiger partial charge in [0, 0.05) is 23.9 Å². The molecule has 39 heavy (non-hydrogen) atoms. The van der Waals surface area contributed by atoms with E-state index in [2.05, 4.69) is 16.4 Å². The molecule has 11 nitrogen and oxygen atoms in total. The number of aldehydes is 1. The molecule has 3 heterocycles. The molecule has 11 heteroatoms. The quantitative estimate of drug-likeness (QED) is 0.394. The number of rotatable bonds is 4. The van der Waals surface area contributed by atoms with Gasteiger partial charge in [0.25, 0.3) is 0 Å². The Labute approximate surface area is 225 Å². The predicted octanol–water partition coefficient (Wildman–Crippen LogP) is 1.96. The van der Waals surface area contributed by atoms with Gasteiger partial charge in [0.05, 0.1) is 12.6 Å². The van der Waals surface area contributed by atoms with Gasteiger partial charge in [-0.05, 0) is 55.3 Å². The van der Waals surface area contributed by atoms with Gasteiger partial charge in [-0.3, -0.25) is 9.59 Å². The van der Waals surface area contributed by atoms with Crippen molar-refractivity contribution < 1.29 is 28.7 Å². The number of nitrogens with two attached hydrogens (primary N) is 2. The highest BCUT2D eigenvalue weighted by Crippen LogP contribution is 2.43. The Bertz CT molecular complexity index is 1310. The average Bonchev–Trinajstić information content (AvgIpc) is 3.42. The van der Waals surface area contributed by atoms with Crippen molar-refractivity contribution in [2.45, 2.75) is 68.7 Å². The number of fused-ring (bicyclic) bond motifs is 3. The maximum absolute atomic E-state index is 13.5. The van der Waals surface area contributed by atoms with Crippen molar-refractivity contribution in [3.63, 3.8) is 0 Å². The van der Waals surface area contributed by atoms with Gasteiger partial charge >= 0.3 is 6.09 Å². The van der Waals surface area contributed by atoms with Gasteiger partial charge in [0.15, 0.2) is 0 Å². The van der Waals surface area contributed by atoms with E-state index >= 15 is 0 Å². The Morgan fingerprint density at radius 3 is 2.85 bits per heavy atom. The maximum atomic E-state index is 13.5. The zero-order valence-electron chi connectivity index (χ0n) is 21.6. The molecular formula is C28H33N5O6. The lowest BCUT2D eigenvalue weighted by atomic mass is 10.1. The first-order chi connectivity index (χ1) is 18.8. The number of hydrogen-bond acceptors (Lipinski definition) is 8. The summed E-state index contributed by atoms with van der Waals surface area (Å²) < 4.78 is 11.2. The molecule has 5 rings (SSSR count). The molecule has 1 aromatic heterocycles. The van der Waals surface area contributed by atoms with Crippen LogP contribution >= 0.6 is 0 Å². The number of benzene rings is 1. The molecule has 1 saturated heterocycles. The third-order valence-corrected chi connectivity index (χ3v) is 7.74. The fraction of sp³-hybridized carbons (Fsp3) is 0.464. The van der Waals surface area contributed by atoms with Gasteiger partial charge in [-0.1, -0.05) is 25.0 Å². The molecule has 1 aliphatic carbocycles. The second kappa shape index (κ2) is 11.0. The molecule has 2 aromatic rings. The van der Waals surface area contributed by atoms with Crippen LogP contribution < -0.4 is 26.3 Å². The molecule has 0 bridgehead atoms. The summed E-state index contributed by atoms with van der Waals surface area (Å²) in [4.78, 5) is 55.8. The zero-order valence-corrected chi connectivity index (χ0v) is 21.6. The molecular weight excluding hydrogens is 502 g/mol. The minimum absolute atomic E-state index is 0.0488. The van der Waals surface area contributed by atoms with Crippen LogP contribution in [0, 0.1) is 5.92 Å². The summed E-state index contributed by atoms with van der Waals surface area (Å²) >= 11 is 0. The van der Waals surface area contributed by atoms with E-state index in [9.17, 15) is 19.2 Å². The van der Waals surface area contributed by atoms with E-state index in [1.165, 1.54) is 4.90 Å². The van der Waals surface area contributed by atoms with E-state index in [1.807, 2.05) is 6.08 Å². The lowest BCUT2D eigenvalue weighted by Crippen LogP contribution is -2.54. The van der Waals surface area contributed by atoms with Crippen molar-refractivity contribution >= 4 is 35.0 Å². The van der Waals surface area contributed by atoms with Gasteiger partial charge in [-0.25, -0.2) is 9.78 Å². The Morgan fingerprint density at radius 1 is 1.21 bits per heavy atom. The number of carbonyl (C=O) groups is 4. The second-order valence-electron chi connectivity index (χ2n) is 10.5. The number of carbonyl (C=O) groups excluding carboxylic acids is 4. The van der Waals surface area contributed by atoms with Gasteiger partial charge in [0.1, 0.15) is 29.7 Å². The van der Waals surface area contributed by atoms with Crippen LogP contribution in [-0.2, 0) is 14.4 Å². The molecule has 1 unspecified atom stereocenters. The number of nitrogens with zero attached hydrogens (tertiary/aromatic N) is 2. The highest BCUT2D eigenvalue weighted by molar-refractivity contribution is 5.93. The third-order valence-electron chi connectivity index (χ3n) is 7.74.